The summed E-state index contributed by atoms with van der Waals surface area (Å²) in [7, 11) is 1.73. The zero-order chi connectivity index (χ0) is 13.3. The summed E-state index contributed by atoms with van der Waals surface area (Å²) < 4.78 is 16.8. The van der Waals surface area contributed by atoms with Crippen LogP contribution in [0.3, 0.4) is 0 Å². The number of benzene rings is 1. The molecule has 4 heteroatoms. The quantitative estimate of drug-likeness (QED) is 0.780. The maximum Gasteiger partial charge on any atom is 0.242 e. The summed E-state index contributed by atoms with van der Waals surface area (Å²) in [6, 6.07) is 4.04. The van der Waals surface area contributed by atoms with Crippen molar-refractivity contribution in [2.45, 2.75) is 26.1 Å². The molecule has 0 unspecified atom stereocenters. The molecule has 0 aliphatic heterocycles. The maximum absolute atomic E-state index is 6.10. The molecule has 1 aliphatic rings. The topological polar surface area (TPSA) is 27.7 Å². The van der Waals surface area contributed by atoms with Gasteiger partial charge in [0.15, 0.2) is 11.5 Å². The van der Waals surface area contributed by atoms with E-state index in [1.54, 1.807) is 14.2 Å². The Morgan fingerprint density at radius 1 is 1.00 bits per heavy atom. The highest BCUT2D eigenvalue weighted by molar-refractivity contribution is 6.70. The summed E-state index contributed by atoms with van der Waals surface area (Å²) in [6.07, 6.45) is 3.04. The van der Waals surface area contributed by atoms with Gasteiger partial charge in [0.1, 0.15) is 5.76 Å². The minimum atomic E-state index is -1.58. The first-order chi connectivity index (χ1) is 8.44. The molecule has 1 aromatic rings. The fraction of sp³-hybridized carbons (Fsp3) is 0.429. The van der Waals surface area contributed by atoms with Crippen LogP contribution in [0.25, 0.3) is 5.76 Å². The number of hydrogen-bond acceptors (Lipinski definition) is 3. The lowest BCUT2D eigenvalue weighted by Crippen LogP contribution is -2.24. The molecule has 0 bridgehead atoms. The minimum absolute atomic E-state index is 0.753. The zero-order valence-electron chi connectivity index (χ0n) is 11.7. The van der Waals surface area contributed by atoms with E-state index in [-0.39, 0.29) is 0 Å². The van der Waals surface area contributed by atoms with Crippen molar-refractivity contribution in [3.8, 4) is 11.5 Å². The molecule has 1 aliphatic carbocycles. The first-order valence-electron chi connectivity index (χ1n) is 6.09. The van der Waals surface area contributed by atoms with E-state index >= 15 is 0 Å². The lowest BCUT2D eigenvalue weighted by Gasteiger charge is -2.21. The number of hydrogen-bond donors (Lipinski definition) is 0. The van der Waals surface area contributed by atoms with Crippen LogP contribution in [0.5, 0.6) is 11.5 Å². The van der Waals surface area contributed by atoms with E-state index in [2.05, 4.69) is 25.7 Å². The molecule has 3 nitrogen and oxygen atoms in total. The van der Waals surface area contributed by atoms with Gasteiger partial charge < -0.3 is 13.9 Å². The monoisotopic (exact) mass is 264 g/mol. The van der Waals surface area contributed by atoms with Crippen molar-refractivity contribution in [2.75, 3.05) is 14.2 Å². The average molecular weight is 264 g/mol. The molecule has 2 rings (SSSR count). The summed E-state index contributed by atoms with van der Waals surface area (Å²) in [5.74, 6) is 2.52. The van der Waals surface area contributed by atoms with Gasteiger partial charge in [-0.05, 0) is 49.8 Å². The van der Waals surface area contributed by atoms with E-state index in [0.29, 0.717) is 0 Å². The van der Waals surface area contributed by atoms with Gasteiger partial charge in [0, 0.05) is 5.56 Å². The van der Waals surface area contributed by atoms with Crippen molar-refractivity contribution in [1.29, 1.82) is 0 Å². The Balaban J connectivity index is 2.36. The van der Waals surface area contributed by atoms with Crippen molar-refractivity contribution >= 4 is 14.1 Å². The first kappa shape index (κ1) is 13.0. The predicted molar refractivity (Wildman–Crippen MR) is 75.7 cm³/mol. The molecule has 0 atom stereocenters. The van der Waals surface area contributed by atoms with E-state index in [1.807, 2.05) is 12.1 Å². The Bertz CT molecular complexity index is 487. The van der Waals surface area contributed by atoms with Crippen molar-refractivity contribution in [1.82, 2.24) is 0 Å². The summed E-state index contributed by atoms with van der Waals surface area (Å²) in [5, 5.41) is 0. The third kappa shape index (κ3) is 2.53. The first-order valence-corrected chi connectivity index (χ1v) is 9.50. The van der Waals surface area contributed by atoms with Crippen LogP contribution in [-0.2, 0) is 10.8 Å². The molecule has 0 aromatic heterocycles. The van der Waals surface area contributed by atoms with Crippen LogP contribution in [0.1, 0.15) is 11.1 Å². The fourth-order valence-electron chi connectivity index (χ4n) is 2.06. The molecule has 98 valence electrons. The highest BCUT2D eigenvalue weighted by Gasteiger charge is 2.24. The molecule has 0 saturated carbocycles. The largest absolute Gasteiger partial charge is 0.544 e. The molecule has 0 amide bonds. The van der Waals surface area contributed by atoms with Gasteiger partial charge in [-0.1, -0.05) is 0 Å². The Morgan fingerprint density at radius 2 is 1.61 bits per heavy atom. The van der Waals surface area contributed by atoms with Gasteiger partial charge >= 0.3 is 0 Å². The van der Waals surface area contributed by atoms with E-state index in [9.17, 15) is 0 Å². The van der Waals surface area contributed by atoms with Gasteiger partial charge in [-0.3, -0.25) is 0 Å². The smallest absolute Gasteiger partial charge is 0.242 e. The van der Waals surface area contributed by atoms with E-state index in [0.717, 1.165) is 29.2 Å². The van der Waals surface area contributed by atoms with E-state index in [1.165, 1.54) is 5.56 Å². The van der Waals surface area contributed by atoms with Crippen LogP contribution in [0.15, 0.2) is 18.2 Å². The SMILES string of the molecule is COc1cc2c(cc1OC)C(O[Si](C)(C)C)=CC2. The Hall–Kier alpha value is -1.42. The number of methoxy groups -OCH3 is 2. The molecule has 0 radical (unpaired) electrons. The molecule has 0 heterocycles. The third-order valence-corrected chi connectivity index (χ3v) is 3.63. The summed E-state index contributed by atoms with van der Waals surface area (Å²) >= 11 is 0. The fourth-order valence-corrected chi connectivity index (χ4v) is 2.91. The number of allylic oxidation sites excluding steroid dienone is 1. The lowest BCUT2D eigenvalue weighted by atomic mass is 10.1. The van der Waals surface area contributed by atoms with Gasteiger partial charge in [-0.15, -0.1) is 0 Å². The average Bonchev–Trinajstić information content (AvgIpc) is 2.67. The van der Waals surface area contributed by atoms with Gasteiger partial charge in [-0.25, -0.2) is 0 Å². The van der Waals surface area contributed by atoms with Crippen molar-refractivity contribution in [3.05, 3.63) is 29.3 Å². The van der Waals surface area contributed by atoms with Crippen molar-refractivity contribution in [2.24, 2.45) is 0 Å². The van der Waals surface area contributed by atoms with Crippen molar-refractivity contribution in [3.63, 3.8) is 0 Å². The normalized spacial score (nSPS) is 13.9. The maximum atomic E-state index is 6.10. The summed E-state index contributed by atoms with van der Waals surface area (Å²) in [6.45, 7) is 6.56. The minimum Gasteiger partial charge on any atom is -0.544 e. The second-order valence-corrected chi connectivity index (χ2v) is 9.78. The Morgan fingerprint density at radius 3 is 2.17 bits per heavy atom. The zero-order valence-corrected chi connectivity index (χ0v) is 12.7. The van der Waals surface area contributed by atoms with E-state index in [4.69, 9.17) is 13.9 Å². The third-order valence-electron chi connectivity index (χ3n) is 2.80. The van der Waals surface area contributed by atoms with Gasteiger partial charge in [0.05, 0.1) is 14.2 Å². The second kappa shape index (κ2) is 4.69. The summed E-state index contributed by atoms with van der Waals surface area (Å²) in [5.41, 5.74) is 2.37. The number of fused-ring (bicyclic) bond motifs is 1. The Kier molecular flexibility index (Phi) is 3.39. The van der Waals surface area contributed by atoms with Crippen LogP contribution in [0, 0.1) is 0 Å². The molecule has 0 N–H and O–H groups in total. The highest BCUT2D eigenvalue weighted by Crippen LogP contribution is 2.38. The molecule has 1 aromatic carbocycles. The van der Waals surface area contributed by atoms with Crippen LogP contribution < -0.4 is 9.47 Å². The van der Waals surface area contributed by atoms with Crippen LogP contribution in [0.4, 0.5) is 0 Å². The molecular weight excluding hydrogens is 244 g/mol. The van der Waals surface area contributed by atoms with Gasteiger partial charge in [0.25, 0.3) is 0 Å². The number of rotatable bonds is 4. The summed E-state index contributed by atoms with van der Waals surface area (Å²) in [4.78, 5) is 0. The molecule has 18 heavy (non-hydrogen) atoms. The molecule has 0 fully saturated rings. The highest BCUT2D eigenvalue weighted by atomic mass is 28.4. The Labute approximate surface area is 110 Å². The van der Waals surface area contributed by atoms with Crippen LogP contribution in [-0.4, -0.2) is 22.5 Å². The standard InChI is InChI=1S/C14H20O3Si/c1-15-13-8-10-6-7-12(17-18(3,4)5)11(10)9-14(13)16-2/h7-9H,6H2,1-5H3. The van der Waals surface area contributed by atoms with Gasteiger partial charge in [0.2, 0.25) is 8.32 Å². The van der Waals surface area contributed by atoms with Crippen LogP contribution in [0.2, 0.25) is 19.6 Å². The predicted octanol–water partition coefficient (Wildman–Crippen LogP) is 3.45. The lowest BCUT2D eigenvalue weighted by molar-refractivity contribution is 0.354. The number of ether oxygens (including phenoxy) is 2. The molecule has 0 spiro atoms. The van der Waals surface area contributed by atoms with Gasteiger partial charge in [-0.2, -0.15) is 0 Å². The second-order valence-electron chi connectivity index (χ2n) is 5.35. The van der Waals surface area contributed by atoms with Crippen molar-refractivity contribution < 1.29 is 13.9 Å². The molecule has 0 saturated heterocycles. The van der Waals surface area contributed by atoms with Crippen LogP contribution >= 0.6 is 0 Å². The molecular formula is C14H20O3Si. The van der Waals surface area contributed by atoms with E-state index < -0.39 is 8.32 Å².